The molecule has 1 aromatic carbocycles. The van der Waals surface area contributed by atoms with Crippen LogP contribution in [0.1, 0.15) is 65.4 Å². The number of thiocarbonyl (C=S) groups is 1. The molecule has 186 valence electrons. The first-order chi connectivity index (χ1) is 17.0. The molecule has 6 nitrogen and oxygen atoms in total. The number of fused-ring (bicyclic) bond motifs is 1. The summed E-state index contributed by atoms with van der Waals surface area (Å²) in [7, 11) is 0. The normalized spacial score (nSPS) is 18.9. The Balaban J connectivity index is 1.29. The quantitative estimate of drug-likeness (QED) is 0.434. The smallest absolute Gasteiger partial charge is 0.254 e. The van der Waals surface area contributed by atoms with E-state index in [1.54, 1.807) is 11.3 Å². The number of aryl methyl sites for hydroxylation is 1. The van der Waals surface area contributed by atoms with Crippen molar-refractivity contribution < 1.29 is 9.59 Å². The summed E-state index contributed by atoms with van der Waals surface area (Å²) in [5, 5.41) is 11.3. The number of amides is 2. The molecule has 0 radical (unpaired) electrons. The monoisotopic (exact) mass is 510 g/mol. The van der Waals surface area contributed by atoms with Gasteiger partial charge in [0.1, 0.15) is 5.00 Å². The number of carbonyl (C=O) groups is 2. The van der Waals surface area contributed by atoms with Crippen LogP contribution in [0, 0.1) is 11.8 Å². The van der Waals surface area contributed by atoms with Crippen molar-refractivity contribution in [3.63, 3.8) is 0 Å². The first kappa shape index (κ1) is 24.3. The van der Waals surface area contributed by atoms with Crippen LogP contribution in [0.5, 0.6) is 0 Å². The molecule has 1 heterocycles. The summed E-state index contributed by atoms with van der Waals surface area (Å²) in [5.74, 6) is 0.709. The van der Waals surface area contributed by atoms with E-state index >= 15 is 0 Å². The van der Waals surface area contributed by atoms with Crippen LogP contribution in [-0.4, -0.2) is 41.0 Å². The SMILES string of the molecule is CCN(Cc1ccccc1)C(=S)NC1CCc2sc(NC(=O)C3CC3)c(C(=O)NCC3CC3)c2C1. The van der Waals surface area contributed by atoms with Crippen LogP contribution in [0.4, 0.5) is 5.00 Å². The standard InChI is InChI=1S/C27H34N4O2S2/c1-2-31(16-18-6-4-3-5-7-18)27(34)29-20-12-13-22-21(14-20)23(25(33)28-15-17-8-9-17)26(35-22)30-24(32)19-10-11-19/h3-7,17,19-20H,2,8-16H2,1H3,(H,28,33)(H,29,34)(H,30,32). The van der Waals surface area contributed by atoms with Gasteiger partial charge in [0.15, 0.2) is 5.11 Å². The predicted octanol–water partition coefficient (Wildman–Crippen LogP) is 4.49. The molecule has 1 unspecified atom stereocenters. The van der Waals surface area contributed by atoms with Gasteiger partial charge in [0, 0.05) is 36.5 Å². The summed E-state index contributed by atoms with van der Waals surface area (Å²) in [6.45, 7) is 4.43. The molecular weight excluding hydrogens is 476 g/mol. The van der Waals surface area contributed by atoms with Crippen molar-refractivity contribution in [1.82, 2.24) is 15.5 Å². The van der Waals surface area contributed by atoms with Crippen molar-refractivity contribution in [2.75, 3.05) is 18.4 Å². The van der Waals surface area contributed by atoms with Crippen LogP contribution in [0.15, 0.2) is 30.3 Å². The van der Waals surface area contributed by atoms with Crippen LogP contribution >= 0.6 is 23.6 Å². The zero-order valence-electron chi connectivity index (χ0n) is 20.3. The summed E-state index contributed by atoms with van der Waals surface area (Å²) >= 11 is 7.38. The lowest BCUT2D eigenvalue weighted by atomic mass is 9.91. The predicted molar refractivity (Wildman–Crippen MR) is 145 cm³/mol. The van der Waals surface area contributed by atoms with Gasteiger partial charge in [-0.05, 0) is 81.1 Å². The van der Waals surface area contributed by atoms with Crippen molar-refractivity contribution >= 4 is 45.5 Å². The number of thiophene rings is 1. The second kappa shape index (κ2) is 10.7. The van der Waals surface area contributed by atoms with E-state index in [9.17, 15) is 9.59 Å². The maximum Gasteiger partial charge on any atom is 0.254 e. The average Bonchev–Trinajstić information content (AvgIpc) is 3.78. The highest BCUT2D eigenvalue weighted by Crippen LogP contribution is 2.40. The molecule has 1 aromatic heterocycles. The third kappa shape index (κ3) is 6.04. The van der Waals surface area contributed by atoms with Crippen molar-refractivity contribution in [2.45, 2.75) is 64.5 Å². The number of hydrogen-bond acceptors (Lipinski definition) is 4. The first-order valence-corrected chi connectivity index (χ1v) is 14.1. The van der Waals surface area contributed by atoms with Crippen molar-refractivity contribution in [1.29, 1.82) is 0 Å². The number of hydrogen-bond donors (Lipinski definition) is 3. The highest BCUT2D eigenvalue weighted by atomic mass is 32.1. The van der Waals surface area contributed by atoms with Crippen LogP contribution in [0.3, 0.4) is 0 Å². The molecule has 2 saturated carbocycles. The Morgan fingerprint density at radius 2 is 1.89 bits per heavy atom. The Morgan fingerprint density at radius 1 is 1.11 bits per heavy atom. The summed E-state index contributed by atoms with van der Waals surface area (Å²) in [6.07, 6.45) is 6.84. The molecule has 2 aromatic rings. The van der Waals surface area contributed by atoms with Gasteiger partial charge >= 0.3 is 0 Å². The van der Waals surface area contributed by atoms with Gasteiger partial charge in [0.2, 0.25) is 5.91 Å². The Morgan fingerprint density at radius 3 is 2.57 bits per heavy atom. The molecule has 3 N–H and O–H groups in total. The fourth-order valence-electron chi connectivity index (χ4n) is 4.64. The Hall–Kier alpha value is -2.45. The van der Waals surface area contributed by atoms with E-state index in [0.29, 0.717) is 11.5 Å². The lowest BCUT2D eigenvalue weighted by Gasteiger charge is -2.30. The highest BCUT2D eigenvalue weighted by Gasteiger charge is 2.34. The van der Waals surface area contributed by atoms with Gasteiger partial charge in [0.05, 0.1) is 5.56 Å². The molecule has 0 bridgehead atoms. The van der Waals surface area contributed by atoms with Crippen LogP contribution < -0.4 is 16.0 Å². The van der Waals surface area contributed by atoms with Crippen LogP contribution in [0.2, 0.25) is 0 Å². The van der Waals surface area contributed by atoms with Crippen molar-refractivity contribution in [3.8, 4) is 0 Å². The minimum Gasteiger partial charge on any atom is -0.359 e. The van der Waals surface area contributed by atoms with Gasteiger partial charge in [0.25, 0.3) is 5.91 Å². The average molecular weight is 511 g/mol. The molecule has 0 spiro atoms. The molecule has 0 aliphatic heterocycles. The zero-order chi connectivity index (χ0) is 24.4. The molecule has 5 rings (SSSR count). The number of nitrogens with one attached hydrogen (secondary N) is 3. The van der Waals surface area contributed by atoms with Gasteiger partial charge in [-0.1, -0.05) is 30.3 Å². The third-order valence-corrected chi connectivity index (χ3v) is 8.72. The van der Waals surface area contributed by atoms with Crippen LogP contribution in [-0.2, 0) is 24.2 Å². The number of benzene rings is 1. The Kier molecular flexibility index (Phi) is 7.39. The van der Waals surface area contributed by atoms with Gasteiger partial charge in [-0.3, -0.25) is 9.59 Å². The third-order valence-electron chi connectivity index (χ3n) is 7.13. The molecule has 35 heavy (non-hydrogen) atoms. The van der Waals surface area contributed by atoms with Gasteiger partial charge in [-0.2, -0.15) is 0 Å². The highest BCUT2D eigenvalue weighted by molar-refractivity contribution is 7.80. The van der Waals surface area contributed by atoms with E-state index in [0.717, 1.165) is 67.4 Å². The molecule has 3 aliphatic carbocycles. The fourth-order valence-corrected chi connectivity index (χ4v) is 6.24. The molecule has 1 atom stereocenters. The van der Waals surface area contributed by atoms with E-state index in [1.807, 2.05) is 18.2 Å². The summed E-state index contributed by atoms with van der Waals surface area (Å²) in [5.41, 5.74) is 2.98. The minimum absolute atomic E-state index is 0.0511. The van der Waals surface area contributed by atoms with Gasteiger partial charge in [-0.15, -0.1) is 11.3 Å². The zero-order valence-corrected chi connectivity index (χ0v) is 21.9. The molecule has 2 fully saturated rings. The molecule has 8 heteroatoms. The van der Waals surface area contributed by atoms with Gasteiger partial charge in [-0.25, -0.2) is 0 Å². The van der Waals surface area contributed by atoms with E-state index in [1.165, 1.54) is 23.3 Å². The topological polar surface area (TPSA) is 73.5 Å². The number of rotatable bonds is 9. The van der Waals surface area contributed by atoms with Crippen molar-refractivity contribution in [3.05, 3.63) is 51.9 Å². The maximum atomic E-state index is 13.3. The second-order valence-electron chi connectivity index (χ2n) is 10.0. The van der Waals surface area contributed by atoms with E-state index in [-0.39, 0.29) is 23.8 Å². The number of nitrogens with zero attached hydrogens (tertiary/aromatic N) is 1. The molecular formula is C27H34N4O2S2. The molecule has 3 aliphatic rings. The second-order valence-corrected chi connectivity index (χ2v) is 11.5. The Labute approximate surface area is 216 Å². The van der Waals surface area contributed by atoms with Crippen LogP contribution in [0.25, 0.3) is 0 Å². The first-order valence-electron chi connectivity index (χ1n) is 12.8. The van der Waals surface area contributed by atoms with Crippen molar-refractivity contribution in [2.24, 2.45) is 11.8 Å². The lowest BCUT2D eigenvalue weighted by molar-refractivity contribution is -0.117. The molecule has 2 amide bonds. The summed E-state index contributed by atoms with van der Waals surface area (Å²) in [4.78, 5) is 29.2. The maximum absolute atomic E-state index is 13.3. The minimum atomic E-state index is -0.0528. The van der Waals surface area contributed by atoms with Gasteiger partial charge < -0.3 is 20.9 Å². The van der Waals surface area contributed by atoms with E-state index in [2.05, 4.69) is 39.9 Å². The largest absolute Gasteiger partial charge is 0.359 e. The van der Waals surface area contributed by atoms with E-state index in [4.69, 9.17) is 12.2 Å². The number of anilines is 1. The van der Waals surface area contributed by atoms with E-state index < -0.39 is 0 Å². The summed E-state index contributed by atoms with van der Waals surface area (Å²) in [6, 6.07) is 10.5. The molecule has 0 saturated heterocycles. The Bertz CT molecular complexity index is 1090. The summed E-state index contributed by atoms with van der Waals surface area (Å²) < 4.78 is 0. The lowest BCUT2D eigenvalue weighted by Crippen LogP contribution is -2.46. The number of carbonyl (C=O) groups excluding carboxylic acids is 2. The fraction of sp³-hybridized carbons (Fsp3) is 0.519.